The molecule has 0 amide bonds. The third-order valence-electron chi connectivity index (χ3n) is 4.24. The quantitative estimate of drug-likeness (QED) is 0.397. The van der Waals surface area contributed by atoms with Gasteiger partial charge in [-0.05, 0) is 21.7 Å². The van der Waals surface area contributed by atoms with Crippen molar-refractivity contribution < 1.29 is 27.0 Å². The van der Waals surface area contributed by atoms with E-state index in [1.807, 2.05) is 18.5 Å². The zero-order chi connectivity index (χ0) is 20.4. The molecule has 1 aliphatic rings. The molecular weight excluding hydrogens is 468 g/mol. The van der Waals surface area contributed by atoms with Crippen LogP contribution in [-0.2, 0) is 14.1 Å². The molecule has 0 saturated carbocycles. The first kappa shape index (κ1) is 19.4. The molecule has 2 aromatic heterocycles. The molecule has 0 unspecified atom stereocenters. The maximum Gasteiger partial charge on any atom is 0.507 e. The van der Waals surface area contributed by atoms with Crippen LogP contribution in [0.5, 0.6) is 11.5 Å². The van der Waals surface area contributed by atoms with Crippen molar-refractivity contribution in [2.24, 2.45) is 14.1 Å². The number of hydrogen-bond donors (Lipinski definition) is 0. The van der Waals surface area contributed by atoms with Crippen molar-refractivity contribution in [3.63, 3.8) is 0 Å². The highest BCUT2D eigenvalue weighted by molar-refractivity contribution is 9.10. The number of thioether (sulfide) groups is 1. The van der Waals surface area contributed by atoms with Crippen LogP contribution in [0.4, 0.5) is 17.6 Å². The first-order valence-corrected chi connectivity index (χ1v) is 9.83. The summed E-state index contributed by atoms with van der Waals surface area (Å²) < 4.78 is 66.3. The largest absolute Gasteiger partial charge is 0.507 e. The van der Waals surface area contributed by atoms with Crippen LogP contribution in [0.1, 0.15) is 6.92 Å². The number of rotatable bonds is 3. The van der Waals surface area contributed by atoms with Gasteiger partial charge in [-0.1, -0.05) is 6.92 Å². The monoisotopic (exact) mass is 480 g/mol. The Morgan fingerprint density at radius 2 is 1.64 bits per heavy atom. The Labute approximate surface area is 169 Å². The number of nitrogens with zero attached hydrogens (tertiary/aromatic N) is 4. The van der Waals surface area contributed by atoms with Gasteiger partial charge in [-0.3, -0.25) is 0 Å². The van der Waals surface area contributed by atoms with Crippen molar-refractivity contribution in [3.05, 3.63) is 16.9 Å². The minimum Gasteiger partial charge on any atom is -0.421 e. The smallest absolute Gasteiger partial charge is 0.421 e. The number of aryl methyl sites for hydroxylation is 1. The predicted molar refractivity (Wildman–Crippen MR) is 98.2 cm³/mol. The molecule has 0 aliphatic carbocycles. The zero-order valence-electron chi connectivity index (χ0n) is 14.8. The van der Waals surface area contributed by atoms with Crippen LogP contribution in [0.3, 0.4) is 0 Å². The minimum atomic E-state index is -4.78. The highest BCUT2D eigenvalue weighted by Crippen LogP contribution is 2.48. The number of fused-ring (bicyclic) bond motifs is 2. The summed E-state index contributed by atoms with van der Waals surface area (Å²) in [6.45, 7) is 1.99. The molecule has 3 aromatic rings. The number of benzene rings is 1. The molecule has 0 saturated heterocycles. The SMILES string of the molecule is CCSc1c(-c2nc3cc4c(cc3n2C)OC(F)(F)C(F)(F)O4)nc(Br)n1C. The van der Waals surface area contributed by atoms with E-state index >= 15 is 0 Å². The molecule has 0 fully saturated rings. The lowest BCUT2D eigenvalue weighted by Gasteiger charge is -2.31. The maximum absolute atomic E-state index is 13.5. The zero-order valence-corrected chi connectivity index (χ0v) is 17.2. The van der Waals surface area contributed by atoms with Crippen molar-refractivity contribution in [2.45, 2.75) is 24.2 Å². The highest BCUT2D eigenvalue weighted by atomic mass is 79.9. The molecule has 12 heteroatoms. The van der Waals surface area contributed by atoms with Crippen LogP contribution < -0.4 is 9.47 Å². The molecule has 0 spiro atoms. The van der Waals surface area contributed by atoms with Gasteiger partial charge in [0.15, 0.2) is 22.1 Å². The average molecular weight is 481 g/mol. The minimum absolute atomic E-state index is 0.287. The summed E-state index contributed by atoms with van der Waals surface area (Å²) in [5.41, 5.74) is 1.28. The van der Waals surface area contributed by atoms with Gasteiger partial charge in [-0.2, -0.15) is 17.6 Å². The number of imidazole rings is 2. The molecule has 0 N–H and O–H groups in total. The van der Waals surface area contributed by atoms with E-state index in [1.165, 1.54) is 6.07 Å². The topological polar surface area (TPSA) is 54.1 Å². The Balaban J connectivity index is 1.89. The van der Waals surface area contributed by atoms with Gasteiger partial charge in [0, 0.05) is 26.2 Å². The Morgan fingerprint density at radius 3 is 2.25 bits per heavy atom. The number of ether oxygens (including phenoxy) is 2. The number of hydrogen-bond acceptors (Lipinski definition) is 5. The van der Waals surface area contributed by atoms with Crippen molar-refractivity contribution in [1.29, 1.82) is 0 Å². The van der Waals surface area contributed by atoms with Crippen LogP contribution in [0, 0.1) is 0 Å². The van der Waals surface area contributed by atoms with Gasteiger partial charge >= 0.3 is 12.2 Å². The van der Waals surface area contributed by atoms with Gasteiger partial charge in [0.1, 0.15) is 10.7 Å². The molecule has 28 heavy (non-hydrogen) atoms. The lowest BCUT2D eigenvalue weighted by Crippen LogP contribution is -2.52. The van der Waals surface area contributed by atoms with Gasteiger partial charge in [-0.15, -0.1) is 11.8 Å². The molecule has 0 radical (unpaired) electrons. The first-order valence-electron chi connectivity index (χ1n) is 8.05. The molecule has 150 valence electrons. The van der Waals surface area contributed by atoms with Crippen LogP contribution in [0.25, 0.3) is 22.6 Å². The maximum atomic E-state index is 13.5. The Morgan fingerprint density at radius 1 is 1.04 bits per heavy atom. The van der Waals surface area contributed by atoms with E-state index < -0.39 is 23.7 Å². The van der Waals surface area contributed by atoms with Gasteiger partial charge in [0.2, 0.25) is 0 Å². The summed E-state index contributed by atoms with van der Waals surface area (Å²) in [5, 5.41) is 0.850. The normalized spacial score (nSPS) is 17.3. The number of halogens is 5. The molecule has 3 heterocycles. The van der Waals surface area contributed by atoms with Crippen molar-refractivity contribution in [3.8, 4) is 23.0 Å². The third kappa shape index (κ3) is 2.76. The molecule has 6 nitrogen and oxygen atoms in total. The van der Waals surface area contributed by atoms with E-state index in [2.05, 4.69) is 35.4 Å². The van der Waals surface area contributed by atoms with Gasteiger partial charge < -0.3 is 18.6 Å². The fourth-order valence-electron chi connectivity index (χ4n) is 2.87. The van der Waals surface area contributed by atoms with E-state index in [0.29, 0.717) is 21.8 Å². The number of alkyl halides is 4. The lowest BCUT2D eigenvalue weighted by molar-refractivity contribution is -0.391. The summed E-state index contributed by atoms with van der Waals surface area (Å²) in [5.74, 6) is 0.262. The molecular formula is C16H13BrF4N4O2S. The molecule has 1 aliphatic heterocycles. The summed E-state index contributed by atoms with van der Waals surface area (Å²) in [6.07, 6.45) is -9.55. The van der Waals surface area contributed by atoms with Crippen LogP contribution >= 0.6 is 27.7 Å². The number of aromatic nitrogens is 4. The second-order valence-corrected chi connectivity index (χ2v) is 8.01. The fraction of sp³-hybridized carbons (Fsp3) is 0.375. The van der Waals surface area contributed by atoms with Crippen molar-refractivity contribution in [2.75, 3.05) is 5.75 Å². The van der Waals surface area contributed by atoms with Gasteiger partial charge in [-0.25, -0.2) is 9.97 Å². The third-order valence-corrected chi connectivity index (χ3v) is 5.98. The molecule has 0 bridgehead atoms. The lowest BCUT2D eigenvalue weighted by atomic mass is 10.2. The summed E-state index contributed by atoms with van der Waals surface area (Å²) in [4.78, 5) is 8.93. The molecule has 1 aromatic carbocycles. The molecule has 4 rings (SSSR count). The van der Waals surface area contributed by atoms with E-state index in [1.54, 1.807) is 23.4 Å². The van der Waals surface area contributed by atoms with E-state index in [0.717, 1.165) is 16.8 Å². The van der Waals surface area contributed by atoms with E-state index in [9.17, 15) is 17.6 Å². The van der Waals surface area contributed by atoms with Crippen LogP contribution in [0.15, 0.2) is 21.9 Å². The molecule has 0 atom stereocenters. The first-order chi connectivity index (χ1) is 13.1. The predicted octanol–water partition coefficient (Wildman–Crippen LogP) is 4.81. The second-order valence-electron chi connectivity index (χ2n) is 6.05. The van der Waals surface area contributed by atoms with Gasteiger partial charge in [0.05, 0.1) is 11.0 Å². The van der Waals surface area contributed by atoms with E-state index in [4.69, 9.17) is 0 Å². The Kier molecular flexibility index (Phi) is 4.34. The summed E-state index contributed by atoms with van der Waals surface area (Å²) in [7, 11) is 3.52. The average Bonchev–Trinajstić information content (AvgIpc) is 3.05. The van der Waals surface area contributed by atoms with Crippen molar-refractivity contribution in [1.82, 2.24) is 19.1 Å². The van der Waals surface area contributed by atoms with Gasteiger partial charge in [0.25, 0.3) is 0 Å². The highest BCUT2D eigenvalue weighted by Gasteiger charge is 2.66. The Hall–Kier alpha value is -1.95. The second kappa shape index (κ2) is 6.28. The summed E-state index contributed by atoms with van der Waals surface area (Å²) >= 11 is 4.93. The van der Waals surface area contributed by atoms with Crippen LogP contribution in [-0.4, -0.2) is 37.1 Å². The van der Waals surface area contributed by atoms with E-state index in [-0.39, 0.29) is 5.52 Å². The Bertz CT molecular complexity index is 1100. The summed E-state index contributed by atoms with van der Waals surface area (Å²) in [6, 6.07) is 2.36. The fourth-order valence-corrected chi connectivity index (χ4v) is 4.17. The van der Waals surface area contributed by atoms with Crippen LogP contribution in [0.2, 0.25) is 0 Å². The standard InChI is InChI=1S/C16H13BrF4N4O2S/c1-4-28-13-11(23-14(17)25(13)3)12-22-7-5-9-10(6-8(7)24(12)2)27-16(20,21)15(18,19)26-9/h5-6H,4H2,1-3H3. The van der Waals surface area contributed by atoms with Crippen molar-refractivity contribution >= 4 is 38.7 Å².